The van der Waals surface area contributed by atoms with Gasteiger partial charge in [-0.25, -0.2) is 0 Å². The smallest absolute Gasteiger partial charge is 0.186 e. The lowest BCUT2D eigenvalue weighted by molar-refractivity contribution is -0.286. The molecule has 0 aromatic carbocycles. The van der Waals surface area contributed by atoms with Crippen LogP contribution < -0.4 is 0 Å². The Balaban J connectivity index is 2.97. The van der Waals surface area contributed by atoms with Gasteiger partial charge in [0, 0.05) is 12.0 Å². The van der Waals surface area contributed by atoms with E-state index in [2.05, 4.69) is 10.0 Å². The zero-order valence-corrected chi connectivity index (χ0v) is 8.86. The molecular formula is C8H15N3O4. The van der Waals surface area contributed by atoms with Gasteiger partial charge in [0.1, 0.15) is 11.7 Å². The normalized spacial score (nSPS) is 45.9. The summed E-state index contributed by atoms with van der Waals surface area (Å²) in [5.41, 5.74) is 6.79. The molecule has 0 aromatic heterocycles. The van der Waals surface area contributed by atoms with Crippen molar-refractivity contribution in [1.29, 1.82) is 0 Å². The summed E-state index contributed by atoms with van der Waals surface area (Å²) >= 11 is 0. The van der Waals surface area contributed by atoms with E-state index in [0.29, 0.717) is 0 Å². The van der Waals surface area contributed by atoms with Crippen molar-refractivity contribution in [1.82, 2.24) is 0 Å². The summed E-state index contributed by atoms with van der Waals surface area (Å²) in [6, 6.07) is -0.844. The number of hydrogen-bond donors (Lipinski definition) is 2. The molecule has 1 rings (SSSR count). The van der Waals surface area contributed by atoms with Crippen LogP contribution >= 0.6 is 0 Å². The van der Waals surface area contributed by atoms with Gasteiger partial charge in [-0.2, -0.15) is 0 Å². The fourth-order valence-corrected chi connectivity index (χ4v) is 1.74. The third-order valence-corrected chi connectivity index (χ3v) is 2.66. The molecule has 1 fully saturated rings. The molecule has 1 aliphatic heterocycles. The van der Waals surface area contributed by atoms with E-state index in [0.717, 1.165) is 0 Å². The predicted octanol–water partition coefficient (Wildman–Crippen LogP) is 0.168. The van der Waals surface area contributed by atoms with Gasteiger partial charge in [0.15, 0.2) is 6.29 Å². The van der Waals surface area contributed by atoms with E-state index in [1.807, 2.05) is 0 Å². The van der Waals surface area contributed by atoms with Crippen LogP contribution in [0.3, 0.4) is 0 Å². The van der Waals surface area contributed by atoms with Gasteiger partial charge in [-0.05, 0) is 19.4 Å². The van der Waals surface area contributed by atoms with Crippen LogP contribution in [-0.2, 0) is 9.47 Å². The average molecular weight is 217 g/mol. The van der Waals surface area contributed by atoms with Crippen LogP contribution in [0, 0.1) is 0 Å². The number of nitrogens with zero attached hydrogens (tertiary/aromatic N) is 3. The minimum atomic E-state index is -1.56. The summed E-state index contributed by atoms with van der Waals surface area (Å²) in [7, 11) is 1.37. The van der Waals surface area contributed by atoms with Crippen LogP contribution in [0.25, 0.3) is 10.4 Å². The Bertz CT molecular complexity index is 277. The van der Waals surface area contributed by atoms with Crippen molar-refractivity contribution in [3.63, 3.8) is 0 Å². The zero-order chi connectivity index (χ0) is 11.6. The number of hydrogen-bond acceptors (Lipinski definition) is 5. The molecule has 5 atom stereocenters. The third-order valence-electron chi connectivity index (χ3n) is 2.66. The van der Waals surface area contributed by atoms with Crippen LogP contribution in [0.2, 0.25) is 0 Å². The van der Waals surface area contributed by atoms with Gasteiger partial charge < -0.3 is 19.7 Å². The molecular weight excluding hydrogens is 202 g/mol. The van der Waals surface area contributed by atoms with E-state index < -0.39 is 30.1 Å². The van der Waals surface area contributed by atoms with E-state index in [1.54, 1.807) is 6.92 Å². The molecule has 0 spiro atoms. The molecule has 0 radical (unpaired) electrons. The van der Waals surface area contributed by atoms with Crippen LogP contribution in [0.5, 0.6) is 0 Å². The number of methoxy groups -OCH3 is 1. The van der Waals surface area contributed by atoms with Crippen molar-refractivity contribution >= 4 is 0 Å². The first-order valence-electron chi connectivity index (χ1n) is 4.58. The van der Waals surface area contributed by atoms with Crippen LogP contribution in [0.1, 0.15) is 13.8 Å². The number of rotatable bonds is 2. The maximum atomic E-state index is 10.0. The molecule has 2 N–H and O–H groups in total. The molecule has 0 aromatic rings. The summed E-state index contributed by atoms with van der Waals surface area (Å²) in [5.74, 6) is 0. The second-order valence-electron chi connectivity index (χ2n) is 3.77. The topological polar surface area (TPSA) is 108 Å². The van der Waals surface area contributed by atoms with E-state index in [4.69, 9.17) is 15.0 Å². The second kappa shape index (κ2) is 4.34. The van der Waals surface area contributed by atoms with Gasteiger partial charge in [0.25, 0.3) is 0 Å². The van der Waals surface area contributed by atoms with Crippen molar-refractivity contribution in [2.45, 2.75) is 44.0 Å². The van der Waals surface area contributed by atoms with Gasteiger partial charge in [-0.3, -0.25) is 0 Å². The van der Waals surface area contributed by atoms with Crippen LogP contribution in [-0.4, -0.2) is 47.5 Å². The van der Waals surface area contributed by atoms with Crippen molar-refractivity contribution in [3.8, 4) is 0 Å². The molecule has 1 saturated heterocycles. The lowest BCUT2D eigenvalue weighted by atomic mass is 9.84. The van der Waals surface area contributed by atoms with E-state index >= 15 is 0 Å². The van der Waals surface area contributed by atoms with Crippen LogP contribution in [0.4, 0.5) is 0 Å². The average Bonchev–Trinajstić information content (AvgIpc) is 2.19. The van der Waals surface area contributed by atoms with Crippen molar-refractivity contribution in [3.05, 3.63) is 10.4 Å². The molecule has 7 heteroatoms. The number of aliphatic hydroxyl groups excluding tert-OH is 1. The molecule has 0 aliphatic carbocycles. The lowest BCUT2D eigenvalue weighted by Crippen LogP contribution is -2.63. The zero-order valence-electron chi connectivity index (χ0n) is 8.86. The molecule has 0 amide bonds. The Morgan fingerprint density at radius 3 is 2.67 bits per heavy atom. The largest absolute Gasteiger partial charge is 0.387 e. The minimum Gasteiger partial charge on any atom is -0.387 e. The summed E-state index contributed by atoms with van der Waals surface area (Å²) in [5, 5.41) is 23.2. The fourth-order valence-electron chi connectivity index (χ4n) is 1.74. The monoisotopic (exact) mass is 217 g/mol. The van der Waals surface area contributed by atoms with E-state index in [1.165, 1.54) is 14.0 Å². The fraction of sp³-hybridized carbons (Fsp3) is 1.00. The molecule has 15 heavy (non-hydrogen) atoms. The van der Waals surface area contributed by atoms with Gasteiger partial charge in [0.05, 0.1) is 12.1 Å². The Morgan fingerprint density at radius 2 is 2.20 bits per heavy atom. The first kappa shape index (κ1) is 12.2. The standard InChI is InChI=1S/C8H15N3O4/c1-4-5(10-11-9)8(2,13)6(12)7(14-3)15-4/h4-7,12-13H,1-3H3/t4-,5+,6-,7+,8+/m1/s1. The van der Waals surface area contributed by atoms with Crippen molar-refractivity contribution < 1.29 is 19.7 Å². The SMILES string of the molecule is CO[C@H]1O[C@H](C)[C@H](N=[N+]=[N-])[C@](C)(O)[C@@H]1O. The summed E-state index contributed by atoms with van der Waals surface area (Å²) in [6.07, 6.45) is -2.70. The van der Waals surface area contributed by atoms with E-state index in [9.17, 15) is 10.2 Å². The molecule has 0 bridgehead atoms. The van der Waals surface area contributed by atoms with Crippen molar-refractivity contribution in [2.75, 3.05) is 7.11 Å². The highest BCUT2D eigenvalue weighted by Crippen LogP contribution is 2.32. The predicted molar refractivity (Wildman–Crippen MR) is 50.9 cm³/mol. The minimum absolute atomic E-state index is 0.524. The first-order chi connectivity index (χ1) is 6.95. The lowest BCUT2D eigenvalue weighted by Gasteiger charge is -2.45. The molecule has 1 heterocycles. The molecule has 0 unspecified atom stereocenters. The number of aliphatic hydroxyl groups is 2. The summed E-state index contributed by atoms with van der Waals surface area (Å²) in [4.78, 5) is 2.62. The molecule has 86 valence electrons. The molecule has 7 nitrogen and oxygen atoms in total. The maximum Gasteiger partial charge on any atom is 0.186 e. The van der Waals surface area contributed by atoms with Gasteiger partial charge in [-0.1, -0.05) is 5.11 Å². The highest BCUT2D eigenvalue weighted by atomic mass is 16.7. The molecule has 0 saturated carbocycles. The Labute approximate surface area is 87.2 Å². The quantitative estimate of drug-likeness (QED) is 0.390. The Hall–Kier alpha value is -0.850. The molecule has 1 aliphatic rings. The first-order valence-corrected chi connectivity index (χ1v) is 4.58. The van der Waals surface area contributed by atoms with Crippen LogP contribution in [0.15, 0.2) is 5.11 Å². The van der Waals surface area contributed by atoms with E-state index in [-0.39, 0.29) is 0 Å². The summed E-state index contributed by atoms with van der Waals surface area (Å²) in [6.45, 7) is 3.04. The third kappa shape index (κ3) is 2.06. The Kier molecular flexibility index (Phi) is 3.54. The summed E-state index contributed by atoms with van der Waals surface area (Å²) < 4.78 is 10.1. The Morgan fingerprint density at radius 1 is 1.60 bits per heavy atom. The van der Waals surface area contributed by atoms with Gasteiger partial charge in [-0.15, -0.1) is 0 Å². The van der Waals surface area contributed by atoms with Gasteiger partial charge in [0.2, 0.25) is 0 Å². The maximum absolute atomic E-state index is 10.0. The van der Waals surface area contributed by atoms with Crippen molar-refractivity contribution in [2.24, 2.45) is 5.11 Å². The number of ether oxygens (including phenoxy) is 2. The number of azide groups is 1. The highest BCUT2D eigenvalue weighted by Gasteiger charge is 2.51. The van der Waals surface area contributed by atoms with Gasteiger partial charge >= 0.3 is 0 Å². The second-order valence-corrected chi connectivity index (χ2v) is 3.77. The highest BCUT2D eigenvalue weighted by molar-refractivity contribution is 5.02.